The summed E-state index contributed by atoms with van der Waals surface area (Å²) in [5, 5.41) is 27.8. The zero-order valence-electron chi connectivity index (χ0n) is 13.8. The van der Waals surface area contributed by atoms with Crippen LogP contribution >= 0.6 is 11.6 Å². The summed E-state index contributed by atoms with van der Waals surface area (Å²) >= 11 is 6.43. The number of benzene rings is 2. The van der Waals surface area contributed by atoms with Crippen LogP contribution in [0, 0.1) is 10.1 Å². The molecule has 0 atom stereocenters. The molecule has 4 aromatic rings. The van der Waals surface area contributed by atoms with E-state index in [0.29, 0.717) is 23.1 Å². The van der Waals surface area contributed by atoms with Crippen molar-refractivity contribution in [2.75, 3.05) is 0 Å². The SMILES string of the molecule is O=[N+]([O-])c1ccc(Cn2nnc(-c3cnn(-c4ccccc4)c3Cl)n2)cc1. The molecule has 4 rings (SSSR count). The molecule has 0 N–H and O–H groups in total. The van der Waals surface area contributed by atoms with Crippen LogP contribution in [-0.2, 0) is 6.54 Å². The fourth-order valence-corrected chi connectivity index (χ4v) is 2.81. The molecule has 27 heavy (non-hydrogen) atoms. The van der Waals surface area contributed by atoms with Crippen LogP contribution in [0.3, 0.4) is 0 Å². The third-order valence-corrected chi connectivity index (χ3v) is 4.24. The Morgan fingerprint density at radius 1 is 1.07 bits per heavy atom. The first-order valence-electron chi connectivity index (χ1n) is 7.92. The minimum absolute atomic E-state index is 0.0334. The summed E-state index contributed by atoms with van der Waals surface area (Å²) in [6.07, 6.45) is 1.59. The molecule has 0 spiro atoms. The maximum Gasteiger partial charge on any atom is 0.269 e. The normalized spacial score (nSPS) is 10.9. The number of nitro groups is 1. The number of tetrazole rings is 1. The lowest BCUT2D eigenvalue weighted by molar-refractivity contribution is -0.384. The fraction of sp³-hybridized carbons (Fsp3) is 0.0588. The lowest BCUT2D eigenvalue weighted by Gasteiger charge is -2.02. The molecule has 10 heteroatoms. The van der Waals surface area contributed by atoms with Gasteiger partial charge in [0.1, 0.15) is 5.15 Å². The van der Waals surface area contributed by atoms with E-state index in [9.17, 15) is 10.1 Å². The van der Waals surface area contributed by atoms with Gasteiger partial charge in [-0.2, -0.15) is 9.90 Å². The van der Waals surface area contributed by atoms with Crippen LogP contribution in [0.4, 0.5) is 5.69 Å². The predicted octanol–water partition coefficient (Wildman–Crippen LogP) is 3.14. The monoisotopic (exact) mass is 381 g/mol. The first kappa shape index (κ1) is 16.9. The van der Waals surface area contributed by atoms with Crippen molar-refractivity contribution in [2.45, 2.75) is 6.54 Å². The fourth-order valence-electron chi connectivity index (χ4n) is 2.54. The molecule has 0 aliphatic heterocycles. The number of hydrogen-bond acceptors (Lipinski definition) is 6. The molecule has 0 aliphatic carbocycles. The summed E-state index contributed by atoms with van der Waals surface area (Å²) in [5.41, 5.74) is 2.24. The molecule has 0 saturated carbocycles. The Morgan fingerprint density at radius 2 is 1.81 bits per heavy atom. The average molecular weight is 382 g/mol. The van der Waals surface area contributed by atoms with E-state index in [0.717, 1.165) is 11.3 Å². The van der Waals surface area contributed by atoms with Crippen LogP contribution in [0.2, 0.25) is 5.15 Å². The van der Waals surface area contributed by atoms with Crippen molar-refractivity contribution in [3.8, 4) is 17.1 Å². The lowest BCUT2D eigenvalue weighted by Crippen LogP contribution is -2.04. The van der Waals surface area contributed by atoms with E-state index in [2.05, 4.69) is 20.5 Å². The summed E-state index contributed by atoms with van der Waals surface area (Å²) in [5.74, 6) is 0.351. The van der Waals surface area contributed by atoms with Gasteiger partial charge in [0, 0.05) is 12.1 Å². The Hall–Kier alpha value is -3.59. The van der Waals surface area contributed by atoms with Gasteiger partial charge >= 0.3 is 0 Å². The van der Waals surface area contributed by atoms with Gasteiger partial charge in [0.15, 0.2) is 0 Å². The van der Waals surface area contributed by atoms with Gasteiger partial charge in [-0.15, -0.1) is 10.2 Å². The van der Waals surface area contributed by atoms with Crippen molar-refractivity contribution < 1.29 is 4.92 Å². The van der Waals surface area contributed by atoms with E-state index in [4.69, 9.17) is 11.6 Å². The summed E-state index contributed by atoms with van der Waals surface area (Å²) in [6.45, 7) is 0.329. The molecule has 0 unspecified atom stereocenters. The van der Waals surface area contributed by atoms with Gasteiger partial charge in [-0.3, -0.25) is 10.1 Å². The third kappa shape index (κ3) is 3.40. The van der Waals surface area contributed by atoms with Crippen LogP contribution in [-0.4, -0.2) is 34.9 Å². The Labute approximate surface area is 158 Å². The molecule has 2 aromatic heterocycles. The molecule has 2 heterocycles. The highest BCUT2D eigenvalue weighted by Gasteiger charge is 2.16. The first-order chi connectivity index (χ1) is 13.1. The van der Waals surface area contributed by atoms with Gasteiger partial charge in [0.05, 0.1) is 28.9 Å². The van der Waals surface area contributed by atoms with Crippen LogP contribution in [0.15, 0.2) is 60.8 Å². The molecule has 0 saturated heterocycles. The minimum Gasteiger partial charge on any atom is -0.258 e. The van der Waals surface area contributed by atoms with Crippen molar-refractivity contribution in [3.05, 3.63) is 81.6 Å². The zero-order chi connectivity index (χ0) is 18.8. The number of nitrogens with zero attached hydrogens (tertiary/aromatic N) is 7. The van der Waals surface area contributed by atoms with Gasteiger partial charge in [0.2, 0.25) is 5.82 Å². The maximum absolute atomic E-state index is 10.7. The smallest absolute Gasteiger partial charge is 0.258 e. The molecule has 0 bridgehead atoms. The molecular weight excluding hydrogens is 370 g/mol. The van der Waals surface area contributed by atoms with Crippen LogP contribution < -0.4 is 0 Å². The third-order valence-electron chi connectivity index (χ3n) is 3.88. The molecular formula is C17H12ClN7O2. The van der Waals surface area contributed by atoms with E-state index in [1.165, 1.54) is 16.9 Å². The van der Waals surface area contributed by atoms with Crippen LogP contribution in [0.5, 0.6) is 0 Å². The standard InChI is InChI=1S/C17H12ClN7O2/c18-16-15(10-19-24(16)13-4-2-1-3-5-13)17-20-22-23(21-17)11-12-6-8-14(9-7-12)25(26)27/h1-10H,11H2. The van der Waals surface area contributed by atoms with Crippen LogP contribution in [0.25, 0.3) is 17.1 Å². The topological polar surface area (TPSA) is 105 Å². The maximum atomic E-state index is 10.7. The van der Waals surface area contributed by atoms with Crippen molar-refractivity contribution in [1.82, 2.24) is 30.0 Å². The quantitative estimate of drug-likeness (QED) is 0.388. The minimum atomic E-state index is -0.442. The number of hydrogen-bond donors (Lipinski definition) is 0. The van der Waals surface area contributed by atoms with Gasteiger partial charge in [-0.05, 0) is 22.9 Å². The van der Waals surface area contributed by atoms with E-state index in [-0.39, 0.29) is 5.69 Å². The number of aromatic nitrogens is 6. The summed E-state index contributed by atoms with van der Waals surface area (Å²) in [7, 11) is 0. The summed E-state index contributed by atoms with van der Waals surface area (Å²) in [4.78, 5) is 11.7. The van der Waals surface area contributed by atoms with Crippen molar-refractivity contribution in [1.29, 1.82) is 0 Å². The molecule has 0 amide bonds. The number of halogens is 1. The summed E-state index contributed by atoms with van der Waals surface area (Å²) < 4.78 is 1.59. The highest BCUT2D eigenvalue weighted by molar-refractivity contribution is 6.32. The molecule has 0 fully saturated rings. The number of para-hydroxylation sites is 1. The van der Waals surface area contributed by atoms with Crippen molar-refractivity contribution in [2.24, 2.45) is 0 Å². The largest absolute Gasteiger partial charge is 0.269 e. The predicted molar refractivity (Wildman–Crippen MR) is 97.6 cm³/mol. The van der Waals surface area contributed by atoms with Gasteiger partial charge in [-0.25, -0.2) is 4.68 Å². The lowest BCUT2D eigenvalue weighted by atomic mass is 10.2. The molecule has 9 nitrogen and oxygen atoms in total. The van der Waals surface area contributed by atoms with Gasteiger partial charge in [-0.1, -0.05) is 41.9 Å². The molecule has 134 valence electrons. The second kappa shape index (κ2) is 6.96. The van der Waals surface area contributed by atoms with Gasteiger partial charge < -0.3 is 0 Å². The first-order valence-corrected chi connectivity index (χ1v) is 8.30. The molecule has 2 aromatic carbocycles. The van der Waals surface area contributed by atoms with Gasteiger partial charge in [0.25, 0.3) is 5.69 Å². The Balaban J connectivity index is 1.56. The average Bonchev–Trinajstić information content (AvgIpc) is 3.29. The number of nitro benzene ring substituents is 1. The zero-order valence-corrected chi connectivity index (χ0v) is 14.6. The highest BCUT2D eigenvalue weighted by atomic mass is 35.5. The Kier molecular flexibility index (Phi) is 4.35. The van der Waals surface area contributed by atoms with E-state index in [1.54, 1.807) is 23.0 Å². The molecule has 0 aliphatic rings. The Morgan fingerprint density at radius 3 is 2.52 bits per heavy atom. The number of rotatable bonds is 5. The second-order valence-electron chi connectivity index (χ2n) is 5.66. The van der Waals surface area contributed by atoms with E-state index >= 15 is 0 Å². The van der Waals surface area contributed by atoms with Crippen molar-refractivity contribution in [3.63, 3.8) is 0 Å². The second-order valence-corrected chi connectivity index (χ2v) is 6.02. The van der Waals surface area contributed by atoms with E-state index in [1.807, 2.05) is 30.3 Å². The highest BCUT2D eigenvalue weighted by Crippen LogP contribution is 2.26. The Bertz CT molecular complexity index is 1090. The number of non-ortho nitro benzene ring substituents is 1. The van der Waals surface area contributed by atoms with Crippen LogP contribution in [0.1, 0.15) is 5.56 Å². The van der Waals surface area contributed by atoms with E-state index < -0.39 is 4.92 Å². The molecule has 0 radical (unpaired) electrons. The summed E-state index contributed by atoms with van der Waals surface area (Å²) in [6, 6.07) is 15.7. The van der Waals surface area contributed by atoms with Crippen molar-refractivity contribution >= 4 is 17.3 Å².